The molecule has 13 heavy (non-hydrogen) atoms. The van der Waals surface area contributed by atoms with Gasteiger partial charge in [-0.25, -0.2) is 0 Å². The summed E-state index contributed by atoms with van der Waals surface area (Å²) in [5.41, 5.74) is 0. The Balaban J connectivity index is 4.08. The second kappa shape index (κ2) is 6.28. The predicted molar refractivity (Wildman–Crippen MR) is 46.3 cm³/mol. The minimum atomic E-state index is -3.56. The van der Waals surface area contributed by atoms with E-state index >= 15 is 0 Å². The summed E-state index contributed by atoms with van der Waals surface area (Å²) in [5.74, 6) is -0.139. The molecule has 7 heteroatoms. The SMILES string of the molecule is CCS(=O)(=O)ON(CCO)CCO. The maximum Gasteiger partial charge on any atom is 0.283 e. The normalized spacial score (nSPS) is 12.3. The maximum atomic E-state index is 10.9. The van der Waals surface area contributed by atoms with Crippen molar-refractivity contribution in [1.29, 1.82) is 0 Å². The van der Waals surface area contributed by atoms with Crippen LogP contribution in [0.4, 0.5) is 0 Å². The zero-order chi connectivity index (χ0) is 10.3. The summed E-state index contributed by atoms with van der Waals surface area (Å²) in [6.45, 7) is 1.11. The average molecular weight is 213 g/mol. The molecular weight excluding hydrogens is 198 g/mol. The Morgan fingerprint density at radius 2 is 1.69 bits per heavy atom. The molecule has 0 rings (SSSR count). The predicted octanol–water partition coefficient (Wildman–Crippen LogP) is -1.45. The van der Waals surface area contributed by atoms with E-state index in [4.69, 9.17) is 10.2 Å². The molecule has 0 radical (unpaired) electrons. The maximum absolute atomic E-state index is 10.9. The molecule has 0 atom stereocenters. The van der Waals surface area contributed by atoms with Crippen molar-refractivity contribution in [3.63, 3.8) is 0 Å². The number of hydrogen-bond donors (Lipinski definition) is 2. The third kappa shape index (κ3) is 5.94. The highest BCUT2D eigenvalue weighted by molar-refractivity contribution is 7.86. The van der Waals surface area contributed by atoms with Crippen LogP contribution in [-0.4, -0.2) is 55.8 Å². The topological polar surface area (TPSA) is 87.1 Å². The third-order valence-electron chi connectivity index (χ3n) is 1.27. The van der Waals surface area contributed by atoms with E-state index in [1.165, 1.54) is 6.92 Å². The van der Waals surface area contributed by atoms with Crippen LogP contribution in [0.3, 0.4) is 0 Å². The number of hydroxylamine groups is 2. The van der Waals surface area contributed by atoms with Crippen LogP contribution in [0.1, 0.15) is 6.92 Å². The number of rotatable bonds is 7. The Morgan fingerprint density at radius 3 is 2.00 bits per heavy atom. The molecule has 0 aliphatic rings. The van der Waals surface area contributed by atoms with E-state index in [9.17, 15) is 8.42 Å². The summed E-state index contributed by atoms with van der Waals surface area (Å²) in [6.07, 6.45) is 0. The van der Waals surface area contributed by atoms with Gasteiger partial charge in [0.1, 0.15) is 0 Å². The van der Waals surface area contributed by atoms with Gasteiger partial charge >= 0.3 is 0 Å². The van der Waals surface area contributed by atoms with Gasteiger partial charge in [-0.05, 0) is 6.92 Å². The Morgan fingerprint density at radius 1 is 1.23 bits per heavy atom. The van der Waals surface area contributed by atoms with Crippen LogP contribution in [0.5, 0.6) is 0 Å². The van der Waals surface area contributed by atoms with E-state index in [-0.39, 0.29) is 32.1 Å². The van der Waals surface area contributed by atoms with Gasteiger partial charge in [-0.15, -0.1) is 0 Å². The van der Waals surface area contributed by atoms with Gasteiger partial charge in [0.15, 0.2) is 0 Å². The minimum absolute atomic E-state index is 0.0553. The standard InChI is InChI=1S/C6H15NO5S/c1-2-13(10,11)12-7(3-5-8)4-6-9/h8-9H,2-6H2,1H3. The molecule has 0 heterocycles. The van der Waals surface area contributed by atoms with Crippen LogP contribution >= 0.6 is 0 Å². The van der Waals surface area contributed by atoms with E-state index in [0.717, 1.165) is 5.06 Å². The van der Waals surface area contributed by atoms with Gasteiger partial charge in [0.25, 0.3) is 10.1 Å². The highest BCUT2D eigenvalue weighted by Crippen LogP contribution is 1.98. The van der Waals surface area contributed by atoms with Crippen LogP contribution in [0.2, 0.25) is 0 Å². The van der Waals surface area contributed by atoms with Crippen molar-refractivity contribution in [1.82, 2.24) is 5.06 Å². The minimum Gasteiger partial charge on any atom is -0.395 e. The van der Waals surface area contributed by atoms with Crippen molar-refractivity contribution in [3.05, 3.63) is 0 Å². The molecule has 0 aliphatic carbocycles. The first-order valence-corrected chi connectivity index (χ1v) is 5.52. The van der Waals surface area contributed by atoms with Gasteiger partial charge in [0.2, 0.25) is 0 Å². The Bertz CT molecular complexity index is 209. The summed E-state index contributed by atoms with van der Waals surface area (Å²) < 4.78 is 26.4. The largest absolute Gasteiger partial charge is 0.395 e. The smallest absolute Gasteiger partial charge is 0.283 e. The van der Waals surface area contributed by atoms with Crippen LogP contribution in [-0.2, 0) is 14.4 Å². The zero-order valence-electron chi connectivity index (χ0n) is 7.51. The molecule has 0 fully saturated rings. The lowest BCUT2D eigenvalue weighted by molar-refractivity contribution is -0.0694. The van der Waals surface area contributed by atoms with Crippen LogP contribution in [0.25, 0.3) is 0 Å². The molecule has 0 aromatic rings. The lowest BCUT2D eigenvalue weighted by atomic mass is 10.6. The molecule has 0 aromatic carbocycles. The first-order valence-electron chi connectivity index (χ1n) is 3.94. The van der Waals surface area contributed by atoms with Crippen molar-refractivity contribution in [2.24, 2.45) is 0 Å². The fourth-order valence-corrected chi connectivity index (χ4v) is 1.20. The fourth-order valence-electron chi connectivity index (χ4n) is 0.623. The lowest BCUT2D eigenvalue weighted by Gasteiger charge is -2.17. The molecule has 80 valence electrons. The molecule has 0 saturated carbocycles. The number of aliphatic hydroxyl groups excluding tert-OH is 2. The summed E-state index contributed by atoms with van der Waals surface area (Å²) >= 11 is 0. The van der Waals surface area contributed by atoms with Crippen LogP contribution in [0, 0.1) is 0 Å². The van der Waals surface area contributed by atoms with Gasteiger partial charge in [-0.3, -0.25) is 0 Å². The Labute approximate surface area is 77.8 Å². The Hall–Kier alpha value is -0.210. The molecule has 0 aromatic heterocycles. The monoisotopic (exact) mass is 213 g/mol. The summed E-state index contributed by atoms with van der Waals surface area (Å²) in [7, 11) is -3.56. The average Bonchev–Trinajstić information content (AvgIpc) is 2.05. The van der Waals surface area contributed by atoms with Crippen molar-refractivity contribution < 1.29 is 22.9 Å². The molecule has 0 amide bonds. The first kappa shape index (κ1) is 12.8. The molecule has 2 N–H and O–H groups in total. The van der Waals surface area contributed by atoms with E-state index in [1.54, 1.807) is 0 Å². The van der Waals surface area contributed by atoms with E-state index in [2.05, 4.69) is 4.28 Å². The number of nitrogens with zero attached hydrogens (tertiary/aromatic N) is 1. The van der Waals surface area contributed by atoms with Gasteiger partial charge < -0.3 is 10.2 Å². The molecule has 0 unspecified atom stereocenters. The van der Waals surface area contributed by atoms with Gasteiger partial charge in [-0.1, -0.05) is 0 Å². The number of aliphatic hydroxyl groups is 2. The van der Waals surface area contributed by atoms with E-state index < -0.39 is 10.1 Å². The molecule has 6 nitrogen and oxygen atoms in total. The molecule has 0 bridgehead atoms. The second-order valence-electron chi connectivity index (χ2n) is 2.30. The van der Waals surface area contributed by atoms with E-state index in [1.807, 2.05) is 0 Å². The van der Waals surface area contributed by atoms with Crippen LogP contribution < -0.4 is 0 Å². The van der Waals surface area contributed by atoms with Crippen molar-refractivity contribution in [3.8, 4) is 0 Å². The van der Waals surface area contributed by atoms with Crippen molar-refractivity contribution in [2.45, 2.75) is 6.92 Å². The lowest BCUT2D eigenvalue weighted by Crippen LogP contribution is -2.33. The van der Waals surface area contributed by atoms with Gasteiger partial charge in [-0.2, -0.15) is 17.8 Å². The number of hydrogen-bond acceptors (Lipinski definition) is 6. The Kier molecular flexibility index (Phi) is 6.17. The highest BCUT2D eigenvalue weighted by Gasteiger charge is 2.14. The second-order valence-corrected chi connectivity index (χ2v) is 4.14. The molecule has 0 aliphatic heterocycles. The zero-order valence-corrected chi connectivity index (χ0v) is 8.33. The first-order chi connectivity index (χ1) is 6.05. The summed E-state index contributed by atoms with van der Waals surface area (Å²) in [5, 5.41) is 18.1. The van der Waals surface area contributed by atoms with Gasteiger partial charge in [0.05, 0.1) is 19.0 Å². The molecular formula is C6H15NO5S. The summed E-state index contributed by atoms with van der Waals surface area (Å²) in [6, 6.07) is 0. The van der Waals surface area contributed by atoms with E-state index in [0.29, 0.717) is 0 Å². The van der Waals surface area contributed by atoms with Gasteiger partial charge in [0, 0.05) is 13.1 Å². The van der Waals surface area contributed by atoms with Crippen LogP contribution in [0.15, 0.2) is 0 Å². The quantitative estimate of drug-likeness (QED) is 0.503. The fraction of sp³-hybridized carbons (Fsp3) is 1.00. The summed E-state index contributed by atoms with van der Waals surface area (Å²) in [4.78, 5) is 0. The highest BCUT2D eigenvalue weighted by atomic mass is 32.2. The van der Waals surface area contributed by atoms with Crippen molar-refractivity contribution in [2.75, 3.05) is 32.1 Å². The third-order valence-corrected chi connectivity index (χ3v) is 2.42. The molecule has 0 saturated heterocycles. The molecule has 0 spiro atoms. The van der Waals surface area contributed by atoms with Crippen molar-refractivity contribution >= 4 is 10.1 Å².